The van der Waals surface area contributed by atoms with Gasteiger partial charge in [-0.2, -0.15) is 0 Å². The van der Waals surface area contributed by atoms with Crippen molar-refractivity contribution >= 4 is 23.1 Å². The van der Waals surface area contributed by atoms with E-state index >= 15 is 0 Å². The summed E-state index contributed by atoms with van der Waals surface area (Å²) in [5.41, 5.74) is 2.15. The molecule has 1 aliphatic heterocycles. The van der Waals surface area contributed by atoms with E-state index in [4.69, 9.17) is 0 Å². The van der Waals surface area contributed by atoms with Crippen LogP contribution in [0.3, 0.4) is 0 Å². The third-order valence-corrected chi connectivity index (χ3v) is 5.43. The first-order valence-corrected chi connectivity index (χ1v) is 9.87. The van der Waals surface area contributed by atoms with Crippen LogP contribution in [0.4, 0.5) is 5.69 Å². The number of pyridine rings is 1. The number of aliphatic hydroxyl groups excluding tert-OH is 1. The van der Waals surface area contributed by atoms with Crippen LogP contribution in [0.15, 0.2) is 78.5 Å². The van der Waals surface area contributed by atoms with Crippen molar-refractivity contribution in [3.63, 3.8) is 0 Å². The van der Waals surface area contributed by atoms with Gasteiger partial charge in [-0.05, 0) is 42.3 Å². The number of nitro groups is 1. The Hall–Kier alpha value is -4.33. The minimum absolute atomic E-state index is 0.0610. The molecule has 1 fully saturated rings. The van der Waals surface area contributed by atoms with Crippen LogP contribution in [0.2, 0.25) is 0 Å². The molecule has 1 unspecified atom stereocenters. The maximum Gasteiger partial charge on any atom is 0.296 e. The van der Waals surface area contributed by atoms with E-state index in [0.29, 0.717) is 11.3 Å². The summed E-state index contributed by atoms with van der Waals surface area (Å²) in [6, 6.07) is 17.0. The van der Waals surface area contributed by atoms with Crippen molar-refractivity contribution in [2.24, 2.45) is 0 Å². The van der Waals surface area contributed by atoms with E-state index in [0.717, 1.165) is 5.56 Å². The highest BCUT2D eigenvalue weighted by Crippen LogP contribution is 2.41. The molecular weight excluding hydrogens is 410 g/mol. The van der Waals surface area contributed by atoms with Gasteiger partial charge in [-0.1, -0.05) is 30.3 Å². The van der Waals surface area contributed by atoms with Crippen LogP contribution < -0.4 is 0 Å². The van der Waals surface area contributed by atoms with E-state index in [2.05, 4.69) is 4.98 Å². The molecule has 1 saturated heterocycles. The minimum atomic E-state index is -0.826. The zero-order valence-corrected chi connectivity index (χ0v) is 17.1. The lowest BCUT2D eigenvalue weighted by Crippen LogP contribution is -2.29. The Morgan fingerprint density at radius 3 is 2.38 bits per heavy atom. The van der Waals surface area contributed by atoms with Crippen LogP contribution in [-0.4, -0.2) is 31.6 Å². The lowest BCUT2D eigenvalue weighted by molar-refractivity contribution is -0.384. The molecule has 0 radical (unpaired) electrons. The zero-order chi connectivity index (χ0) is 22.8. The Bertz CT molecular complexity index is 1240. The van der Waals surface area contributed by atoms with Gasteiger partial charge < -0.3 is 10.0 Å². The van der Waals surface area contributed by atoms with Crippen molar-refractivity contribution in [2.45, 2.75) is 19.5 Å². The predicted molar refractivity (Wildman–Crippen MR) is 116 cm³/mol. The van der Waals surface area contributed by atoms with Crippen LogP contribution >= 0.6 is 0 Å². The lowest BCUT2D eigenvalue weighted by Gasteiger charge is -2.26. The number of aromatic nitrogens is 1. The van der Waals surface area contributed by atoms with Crippen LogP contribution in [0.5, 0.6) is 0 Å². The summed E-state index contributed by atoms with van der Waals surface area (Å²) < 4.78 is 0. The number of benzene rings is 2. The molecular formula is C24H19N3O5. The SMILES string of the molecule is Cc1ccccc1C1/C(=C(\O)c2ccc([N+](=O)[O-])cc2)C(=O)C(=O)N1Cc1ccccn1. The van der Waals surface area contributed by atoms with Gasteiger partial charge in [0.25, 0.3) is 17.4 Å². The number of carbonyl (C=O) groups excluding carboxylic acids is 2. The lowest BCUT2D eigenvalue weighted by atomic mass is 9.92. The molecule has 0 saturated carbocycles. The molecule has 1 atom stereocenters. The van der Waals surface area contributed by atoms with E-state index < -0.39 is 22.7 Å². The molecule has 1 amide bonds. The first-order chi connectivity index (χ1) is 15.4. The average Bonchev–Trinajstić information content (AvgIpc) is 3.04. The number of amides is 1. The van der Waals surface area contributed by atoms with Gasteiger partial charge in [0.2, 0.25) is 0 Å². The summed E-state index contributed by atoms with van der Waals surface area (Å²) in [5, 5.41) is 22.0. The Labute approximate surface area is 183 Å². The Morgan fingerprint density at radius 1 is 1.06 bits per heavy atom. The smallest absolute Gasteiger partial charge is 0.296 e. The monoisotopic (exact) mass is 429 g/mol. The van der Waals surface area contributed by atoms with Gasteiger partial charge in [-0.25, -0.2) is 0 Å². The highest BCUT2D eigenvalue weighted by Gasteiger charge is 2.46. The molecule has 0 bridgehead atoms. The molecule has 3 aromatic rings. The molecule has 8 heteroatoms. The van der Waals surface area contributed by atoms with Gasteiger partial charge in [0.15, 0.2) is 0 Å². The summed E-state index contributed by atoms with van der Waals surface area (Å²) >= 11 is 0. The van der Waals surface area contributed by atoms with E-state index in [1.807, 2.05) is 19.1 Å². The molecule has 4 rings (SSSR count). The topological polar surface area (TPSA) is 114 Å². The fraction of sp³-hybridized carbons (Fsp3) is 0.125. The number of rotatable bonds is 5. The van der Waals surface area contributed by atoms with Gasteiger partial charge in [0.05, 0.1) is 28.8 Å². The number of nitrogens with zero attached hydrogens (tertiary/aromatic N) is 3. The normalized spacial score (nSPS) is 17.5. The molecule has 0 spiro atoms. The molecule has 1 aromatic heterocycles. The number of likely N-dealkylation sites (tertiary alicyclic amines) is 1. The molecule has 1 aliphatic rings. The maximum absolute atomic E-state index is 13.1. The van der Waals surface area contributed by atoms with Gasteiger partial charge in [0.1, 0.15) is 5.76 Å². The number of aliphatic hydroxyl groups is 1. The molecule has 32 heavy (non-hydrogen) atoms. The number of ketones is 1. The summed E-state index contributed by atoms with van der Waals surface area (Å²) in [7, 11) is 0. The van der Waals surface area contributed by atoms with Crippen molar-refractivity contribution in [1.29, 1.82) is 0 Å². The minimum Gasteiger partial charge on any atom is -0.507 e. The summed E-state index contributed by atoms with van der Waals surface area (Å²) in [6.45, 7) is 1.95. The fourth-order valence-electron chi connectivity index (χ4n) is 3.82. The number of aryl methyl sites for hydroxylation is 1. The zero-order valence-electron chi connectivity index (χ0n) is 17.1. The van der Waals surface area contributed by atoms with Gasteiger partial charge in [0, 0.05) is 23.9 Å². The number of Topliss-reactive ketones (excluding diaryl/α,β-unsaturated/α-hetero) is 1. The Balaban J connectivity index is 1.86. The Morgan fingerprint density at radius 2 is 1.75 bits per heavy atom. The van der Waals surface area contributed by atoms with Crippen molar-refractivity contribution in [3.05, 3.63) is 111 Å². The molecule has 0 aliphatic carbocycles. The van der Waals surface area contributed by atoms with E-state index in [1.54, 1.807) is 36.5 Å². The van der Waals surface area contributed by atoms with Crippen LogP contribution in [0.1, 0.15) is 28.4 Å². The van der Waals surface area contributed by atoms with Crippen LogP contribution in [0, 0.1) is 17.0 Å². The third-order valence-electron chi connectivity index (χ3n) is 5.43. The third kappa shape index (κ3) is 3.74. The summed E-state index contributed by atoms with van der Waals surface area (Å²) in [5.74, 6) is -1.94. The second kappa shape index (κ2) is 8.43. The number of hydrogen-bond donors (Lipinski definition) is 1. The largest absolute Gasteiger partial charge is 0.507 e. The van der Waals surface area contributed by atoms with Gasteiger partial charge >= 0.3 is 0 Å². The second-order valence-corrected chi connectivity index (χ2v) is 7.41. The molecule has 8 nitrogen and oxygen atoms in total. The van der Waals surface area contributed by atoms with Crippen molar-refractivity contribution < 1.29 is 19.6 Å². The van der Waals surface area contributed by atoms with Crippen LogP contribution in [-0.2, 0) is 16.1 Å². The maximum atomic E-state index is 13.1. The number of hydrogen-bond acceptors (Lipinski definition) is 6. The number of nitro benzene ring substituents is 1. The van der Waals surface area contributed by atoms with Gasteiger partial charge in [-0.15, -0.1) is 0 Å². The van der Waals surface area contributed by atoms with E-state index in [1.165, 1.54) is 29.2 Å². The highest BCUT2D eigenvalue weighted by molar-refractivity contribution is 6.46. The molecule has 2 aromatic carbocycles. The van der Waals surface area contributed by atoms with Crippen molar-refractivity contribution in [3.8, 4) is 0 Å². The predicted octanol–water partition coefficient (Wildman–Crippen LogP) is 3.92. The van der Waals surface area contributed by atoms with Crippen molar-refractivity contribution in [1.82, 2.24) is 9.88 Å². The number of non-ortho nitro benzene ring substituents is 1. The fourth-order valence-corrected chi connectivity index (χ4v) is 3.82. The molecule has 1 N–H and O–H groups in total. The Kier molecular flexibility index (Phi) is 5.51. The molecule has 2 heterocycles. The van der Waals surface area contributed by atoms with Crippen LogP contribution in [0.25, 0.3) is 5.76 Å². The average molecular weight is 429 g/mol. The van der Waals surface area contributed by atoms with E-state index in [9.17, 15) is 24.8 Å². The second-order valence-electron chi connectivity index (χ2n) is 7.41. The number of carbonyl (C=O) groups is 2. The van der Waals surface area contributed by atoms with Gasteiger partial charge in [-0.3, -0.25) is 24.7 Å². The van der Waals surface area contributed by atoms with Crippen molar-refractivity contribution in [2.75, 3.05) is 0 Å². The first kappa shape index (κ1) is 20.9. The first-order valence-electron chi connectivity index (χ1n) is 9.87. The van der Waals surface area contributed by atoms with E-state index in [-0.39, 0.29) is 29.1 Å². The summed E-state index contributed by atoms with van der Waals surface area (Å²) in [6.07, 6.45) is 1.60. The highest BCUT2D eigenvalue weighted by atomic mass is 16.6. The quantitative estimate of drug-likeness (QED) is 0.216. The molecule has 160 valence electrons. The summed E-state index contributed by atoms with van der Waals surface area (Å²) in [4.78, 5) is 42.1. The standard InChI is InChI=1S/C24H19N3O5/c1-15-6-2-3-8-19(15)21-20(22(28)16-9-11-18(12-10-16)27(31)32)23(29)24(30)26(21)14-17-7-4-5-13-25-17/h2-13,21,28H,14H2,1H3/b22-20+.